The molecule has 31 heavy (non-hydrogen) atoms. The molecule has 3 aromatic carbocycles. The Hall–Kier alpha value is -4.39. The molecule has 0 aliphatic rings. The maximum Gasteiger partial charge on any atom is 0.357 e. The number of nitrogens with zero attached hydrogens (tertiary/aromatic N) is 3. The van der Waals surface area contributed by atoms with Crippen LogP contribution in [-0.4, -0.2) is 19.1 Å². The Balaban J connectivity index is 1.57. The fourth-order valence-electron chi connectivity index (χ4n) is 3.50. The van der Waals surface area contributed by atoms with Gasteiger partial charge < -0.3 is 9.72 Å². The second kappa shape index (κ2) is 7.46. The summed E-state index contributed by atoms with van der Waals surface area (Å²) in [5, 5.41) is 0.959. The maximum atomic E-state index is 13.2. The third-order valence-electron chi connectivity index (χ3n) is 5.08. The second-order valence-electron chi connectivity index (χ2n) is 7.13. The van der Waals surface area contributed by atoms with E-state index in [9.17, 15) is 9.59 Å². The Morgan fingerprint density at radius 1 is 0.903 bits per heavy atom. The highest BCUT2D eigenvalue weighted by Gasteiger charge is 2.12. The monoisotopic (exact) mass is 410 g/mol. The number of rotatable bonds is 4. The SMILES string of the molecule is Cc1cc(-n2c(=O)ncn(-c3ccc4[nH]ccc4c3)c2=O)ccc1Oc1ccccc1. The van der Waals surface area contributed by atoms with Crippen molar-refractivity contribution in [2.45, 2.75) is 6.92 Å². The zero-order chi connectivity index (χ0) is 21.4. The van der Waals surface area contributed by atoms with Crippen molar-refractivity contribution < 1.29 is 4.74 Å². The molecule has 0 amide bonds. The van der Waals surface area contributed by atoms with Crippen LogP contribution >= 0.6 is 0 Å². The Labute approximate surface area is 176 Å². The molecule has 0 fully saturated rings. The number of aryl methyl sites for hydroxylation is 1. The van der Waals surface area contributed by atoms with Crippen LogP contribution in [0.4, 0.5) is 0 Å². The molecule has 5 rings (SSSR count). The summed E-state index contributed by atoms with van der Waals surface area (Å²) in [4.78, 5) is 32.7. The highest BCUT2D eigenvalue weighted by molar-refractivity contribution is 5.81. The van der Waals surface area contributed by atoms with Crippen molar-refractivity contribution in [1.82, 2.24) is 19.1 Å². The van der Waals surface area contributed by atoms with Crippen LogP contribution in [0, 0.1) is 6.92 Å². The standard InChI is InChI=1S/C24H18N4O3/c1-16-13-19(8-10-22(16)31-20-5-3-2-4-6-20)28-23(29)26-15-27(24(28)30)18-7-9-21-17(14-18)11-12-25-21/h2-15,25H,1H3. The first-order valence-electron chi connectivity index (χ1n) is 9.72. The number of ether oxygens (including phenoxy) is 1. The van der Waals surface area contributed by atoms with Gasteiger partial charge in [-0.1, -0.05) is 18.2 Å². The molecule has 0 radical (unpaired) electrons. The quantitative estimate of drug-likeness (QED) is 0.486. The van der Waals surface area contributed by atoms with Gasteiger partial charge in [0.05, 0.1) is 11.4 Å². The van der Waals surface area contributed by atoms with Crippen LogP contribution < -0.4 is 16.1 Å². The summed E-state index contributed by atoms with van der Waals surface area (Å²) in [5.74, 6) is 1.35. The van der Waals surface area contributed by atoms with Gasteiger partial charge in [0.1, 0.15) is 17.8 Å². The Morgan fingerprint density at radius 3 is 2.52 bits per heavy atom. The molecule has 0 saturated carbocycles. The van der Waals surface area contributed by atoms with E-state index >= 15 is 0 Å². The van der Waals surface area contributed by atoms with Crippen LogP contribution in [-0.2, 0) is 0 Å². The molecule has 2 aromatic heterocycles. The van der Waals surface area contributed by atoms with Crippen molar-refractivity contribution in [2.24, 2.45) is 0 Å². The zero-order valence-corrected chi connectivity index (χ0v) is 16.6. The van der Waals surface area contributed by atoms with Crippen LogP contribution in [0.3, 0.4) is 0 Å². The van der Waals surface area contributed by atoms with Gasteiger partial charge in [-0.25, -0.2) is 14.2 Å². The molecule has 7 nitrogen and oxygen atoms in total. The number of para-hydroxylation sites is 1. The van der Waals surface area contributed by atoms with E-state index in [0.29, 0.717) is 22.9 Å². The molecule has 0 saturated heterocycles. The second-order valence-corrected chi connectivity index (χ2v) is 7.13. The third-order valence-corrected chi connectivity index (χ3v) is 5.08. The summed E-state index contributed by atoms with van der Waals surface area (Å²) in [6.45, 7) is 1.86. The number of nitrogens with one attached hydrogen (secondary N) is 1. The van der Waals surface area contributed by atoms with Gasteiger partial charge in [-0.3, -0.25) is 4.57 Å². The number of fused-ring (bicyclic) bond motifs is 1. The number of benzene rings is 3. The van der Waals surface area contributed by atoms with E-state index in [-0.39, 0.29) is 0 Å². The van der Waals surface area contributed by atoms with E-state index in [4.69, 9.17) is 4.74 Å². The normalized spacial score (nSPS) is 11.0. The van der Waals surface area contributed by atoms with E-state index in [1.54, 1.807) is 24.3 Å². The largest absolute Gasteiger partial charge is 0.457 e. The van der Waals surface area contributed by atoms with Crippen LogP contribution in [0.2, 0.25) is 0 Å². The van der Waals surface area contributed by atoms with Crippen molar-refractivity contribution in [2.75, 3.05) is 0 Å². The minimum Gasteiger partial charge on any atom is -0.457 e. The van der Waals surface area contributed by atoms with Crippen molar-refractivity contribution in [3.63, 3.8) is 0 Å². The van der Waals surface area contributed by atoms with Gasteiger partial charge in [0.15, 0.2) is 0 Å². The fraction of sp³-hybridized carbons (Fsp3) is 0.0417. The average Bonchev–Trinajstić information content (AvgIpc) is 3.24. The predicted molar refractivity (Wildman–Crippen MR) is 119 cm³/mol. The maximum absolute atomic E-state index is 13.2. The summed E-state index contributed by atoms with van der Waals surface area (Å²) in [7, 11) is 0. The Kier molecular flexibility index (Phi) is 4.48. The summed E-state index contributed by atoms with van der Waals surface area (Å²) < 4.78 is 8.31. The summed E-state index contributed by atoms with van der Waals surface area (Å²) in [6, 6.07) is 22.0. The predicted octanol–water partition coefficient (Wildman–Crippen LogP) is 3.97. The zero-order valence-electron chi connectivity index (χ0n) is 16.6. The first-order chi connectivity index (χ1) is 15.1. The van der Waals surface area contributed by atoms with Gasteiger partial charge in [-0.15, -0.1) is 0 Å². The lowest BCUT2D eigenvalue weighted by atomic mass is 10.2. The van der Waals surface area contributed by atoms with Gasteiger partial charge in [-0.05, 0) is 67.1 Å². The van der Waals surface area contributed by atoms with E-state index in [1.165, 1.54) is 10.9 Å². The molecule has 0 aliphatic carbocycles. The molecular formula is C24H18N4O3. The molecule has 152 valence electrons. The minimum absolute atomic E-state index is 0.428. The Morgan fingerprint density at radius 2 is 1.71 bits per heavy atom. The first-order valence-corrected chi connectivity index (χ1v) is 9.72. The minimum atomic E-state index is -0.639. The molecule has 0 atom stereocenters. The van der Waals surface area contributed by atoms with Crippen LogP contribution in [0.15, 0.2) is 94.9 Å². The lowest BCUT2D eigenvalue weighted by molar-refractivity contribution is 0.478. The van der Waals surface area contributed by atoms with Crippen molar-refractivity contribution in [1.29, 1.82) is 0 Å². The molecule has 2 heterocycles. The van der Waals surface area contributed by atoms with Crippen molar-refractivity contribution in [3.05, 3.63) is 112 Å². The van der Waals surface area contributed by atoms with Crippen LogP contribution in [0.5, 0.6) is 11.5 Å². The molecule has 0 unspecified atom stereocenters. The number of aromatic amines is 1. The topological polar surface area (TPSA) is 81.9 Å². The number of hydrogen-bond donors (Lipinski definition) is 1. The number of H-pyrrole nitrogens is 1. The smallest absolute Gasteiger partial charge is 0.357 e. The van der Waals surface area contributed by atoms with Gasteiger partial charge in [0.2, 0.25) is 0 Å². The van der Waals surface area contributed by atoms with Gasteiger partial charge in [0.25, 0.3) is 0 Å². The molecular weight excluding hydrogens is 392 g/mol. The average molecular weight is 410 g/mol. The molecule has 7 heteroatoms. The first kappa shape index (κ1) is 18.6. The lowest BCUT2D eigenvalue weighted by Gasteiger charge is -2.12. The molecule has 0 bridgehead atoms. The van der Waals surface area contributed by atoms with Crippen molar-refractivity contribution in [3.8, 4) is 22.9 Å². The summed E-state index contributed by atoms with van der Waals surface area (Å²) in [5.41, 5.74) is 1.67. The van der Waals surface area contributed by atoms with E-state index in [1.807, 2.05) is 61.7 Å². The fourth-order valence-corrected chi connectivity index (χ4v) is 3.50. The molecule has 0 spiro atoms. The number of hydrogen-bond acceptors (Lipinski definition) is 4. The lowest BCUT2D eigenvalue weighted by Crippen LogP contribution is -2.39. The molecule has 1 N–H and O–H groups in total. The highest BCUT2D eigenvalue weighted by Crippen LogP contribution is 2.26. The highest BCUT2D eigenvalue weighted by atomic mass is 16.5. The van der Waals surface area contributed by atoms with Gasteiger partial charge >= 0.3 is 11.4 Å². The van der Waals surface area contributed by atoms with E-state index < -0.39 is 11.4 Å². The van der Waals surface area contributed by atoms with Crippen LogP contribution in [0.1, 0.15) is 5.56 Å². The van der Waals surface area contributed by atoms with Crippen LogP contribution in [0.25, 0.3) is 22.3 Å². The van der Waals surface area contributed by atoms with E-state index in [2.05, 4.69) is 9.97 Å². The summed E-state index contributed by atoms with van der Waals surface area (Å²) in [6.07, 6.45) is 3.09. The third kappa shape index (κ3) is 3.42. The van der Waals surface area contributed by atoms with Gasteiger partial charge in [-0.2, -0.15) is 4.98 Å². The van der Waals surface area contributed by atoms with Gasteiger partial charge in [0, 0.05) is 17.1 Å². The van der Waals surface area contributed by atoms with E-state index in [0.717, 1.165) is 21.0 Å². The molecule has 5 aromatic rings. The summed E-state index contributed by atoms with van der Waals surface area (Å²) >= 11 is 0. The Bertz CT molecular complexity index is 1510. The van der Waals surface area contributed by atoms with Crippen molar-refractivity contribution >= 4 is 10.9 Å². The molecule has 0 aliphatic heterocycles. The number of aromatic nitrogens is 4.